The van der Waals surface area contributed by atoms with Crippen molar-refractivity contribution in [1.82, 2.24) is 15.1 Å². The smallest absolute Gasteiger partial charge is 0.317 e. The second kappa shape index (κ2) is 7.46. The third-order valence-electron chi connectivity index (χ3n) is 4.39. The maximum atomic E-state index is 12.2. The van der Waals surface area contributed by atoms with Crippen molar-refractivity contribution in [3.8, 4) is 0 Å². The molecule has 124 valence electrons. The van der Waals surface area contributed by atoms with E-state index in [0.717, 1.165) is 12.8 Å². The minimum Gasteiger partial charge on any atom is -0.373 e. The molecule has 0 saturated carbocycles. The van der Waals surface area contributed by atoms with E-state index in [1.165, 1.54) is 5.56 Å². The molecule has 1 aromatic rings. The minimum atomic E-state index is -0.139. The van der Waals surface area contributed by atoms with E-state index in [9.17, 15) is 9.59 Å². The molecule has 2 aliphatic rings. The van der Waals surface area contributed by atoms with Crippen molar-refractivity contribution in [2.24, 2.45) is 0 Å². The van der Waals surface area contributed by atoms with Crippen LogP contribution in [-0.4, -0.2) is 60.6 Å². The number of hydrogen-bond acceptors (Lipinski definition) is 3. The number of nitrogens with one attached hydrogen (secondary N) is 1. The van der Waals surface area contributed by atoms with Crippen LogP contribution in [0.4, 0.5) is 4.79 Å². The molecule has 2 saturated heterocycles. The Morgan fingerprint density at radius 3 is 2.57 bits per heavy atom. The minimum absolute atomic E-state index is 0.0311. The van der Waals surface area contributed by atoms with E-state index in [-0.39, 0.29) is 24.6 Å². The molecular weight excluding hydrogens is 294 g/mol. The van der Waals surface area contributed by atoms with Gasteiger partial charge in [-0.25, -0.2) is 4.79 Å². The average molecular weight is 317 g/mol. The zero-order valence-electron chi connectivity index (χ0n) is 13.2. The lowest BCUT2D eigenvalue weighted by molar-refractivity contribution is -0.134. The molecule has 0 aliphatic carbocycles. The number of carbonyl (C=O) groups is 2. The molecule has 2 heterocycles. The fourth-order valence-corrected chi connectivity index (χ4v) is 2.99. The Kier molecular flexibility index (Phi) is 5.12. The van der Waals surface area contributed by atoms with Gasteiger partial charge in [0, 0.05) is 26.2 Å². The number of urea groups is 1. The number of hydrogen-bond donors (Lipinski definition) is 1. The Bertz CT molecular complexity index is 541. The molecule has 1 aromatic carbocycles. The first-order chi connectivity index (χ1) is 11.2. The van der Waals surface area contributed by atoms with E-state index < -0.39 is 0 Å². The van der Waals surface area contributed by atoms with Crippen molar-refractivity contribution in [2.45, 2.75) is 25.6 Å². The highest BCUT2D eigenvalue weighted by molar-refractivity contribution is 5.85. The number of benzene rings is 1. The van der Waals surface area contributed by atoms with Gasteiger partial charge in [0.25, 0.3) is 0 Å². The van der Waals surface area contributed by atoms with E-state index in [2.05, 4.69) is 17.4 Å². The van der Waals surface area contributed by atoms with Gasteiger partial charge in [0.1, 0.15) is 6.54 Å². The largest absolute Gasteiger partial charge is 0.373 e. The number of nitrogens with zero attached hydrogens (tertiary/aromatic N) is 2. The maximum Gasteiger partial charge on any atom is 0.317 e. The molecule has 3 amide bonds. The summed E-state index contributed by atoms with van der Waals surface area (Å²) in [4.78, 5) is 27.1. The molecule has 23 heavy (non-hydrogen) atoms. The fourth-order valence-electron chi connectivity index (χ4n) is 2.99. The van der Waals surface area contributed by atoms with Crippen LogP contribution in [0.3, 0.4) is 0 Å². The SMILES string of the molecule is O=C(CN1CCNC1=O)N1CCC(OCc2ccccc2)CC1. The molecule has 1 N–H and O–H groups in total. The fraction of sp³-hybridized carbons (Fsp3) is 0.529. The summed E-state index contributed by atoms with van der Waals surface area (Å²) < 4.78 is 5.94. The normalized spacial score (nSPS) is 19.0. The van der Waals surface area contributed by atoms with Gasteiger partial charge in [0.05, 0.1) is 12.7 Å². The Morgan fingerprint density at radius 2 is 1.91 bits per heavy atom. The lowest BCUT2D eigenvalue weighted by Gasteiger charge is -2.32. The maximum absolute atomic E-state index is 12.2. The summed E-state index contributed by atoms with van der Waals surface area (Å²) in [6.45, 7) is 3.44. The molecule has 0 bridgehead atoms. The zero-order chi connectivity index (χ0) is 16.1. The lowest BCUT2D eigenvalue weighted by atomic mass is 10.1. The standard InChI is InChI=1S/C17H23N3O3/c21-16(12-20-11-8-18-17(20)22)19-9-6-15(7-10-19)23-13-14-4-2-1-3-5-14/h1-5,15H,6-13H2,(H,18,22). The van der Waals surface area contributed by atoms with Gasteiger partial charge >= 0.3 is 6.03 Å². The molecule has 0 aromatic heterocycles. The van der Waals surface area contributed by atoms with Crippen molar-refractivity contribution in [3.05, 3.63) is 35.9 Å². The van der Waals surface area contributed by atoms with Gasteiger partial charge in [-0.3, -0.25) is 4.79 Å². The van der Waals surface area contributed by atoms with Crippen LogP contribution < -0.4 is 5.32 Å². The molecule has 0 spiro atoms. The second-order valence-corrected chi connectivity index (χ2v) is 6.03. The van der Waals surface area contributed by atoms with Crippen LogP contribution in [0.25, 0.3) is 0 Å². The molecular formula is C17H23N3O3. The molecule has 2 fully saturated rings. The highest BCUT2D eigenvalue weighted by Crippen LogP contribution is 2.16. The molecule has 2 aliphatic heterocycles. The Balaban J connectivity index is 1.39. The van der Waals surface area contributed by atoms with Crippen molar-refractivity contribution in [1.29, 1.82) is 0 Å². The highest BCUT2D eigenvalue weighted by Gasteiger charge is 2.27. The number of rotatable bonds is 5. The van der Waals surface area contributed by atoms with Crippen LogP contribution in [0.1, 0.15) is 18.4 Å². The molecule has 0 atom stereocenters. The summed E-state index contributed by atoms with van der Waals surface area (Å²) in [5.41, 5.74) is 1.17. The number of ether oxygens (including phenoxy) is 1. The number of carbonyl (C=O) groups excluding carboxylic acids is 2. The molecule has 6 heteroatoms. The van der Waals surface area contributed by atoms with Crippen molar-refractivity contribution in [2.75, 3.05) is 32.7 Å². The van der Waals surface area contributed by atoms with E-state index in [4.69, 9.17) is 4.74 Å². The highest BCUT2D eigenvalue weighted by atomic mass is 16.5. The van der Waals surface area contributed by atoms with Gasteiger partial charge in [-0.15, -0.1) is 0 Å². The van der Waals surface area contributed by atoms with Gasteiger partial charge in [-0.1, -0.05) is 30.3 Å². The molecule has 0 unspecified atom stereocenters. The zero-order valence-corrected chi connectivity index (χ0v) is 13.2. The quantitative estimate of drug-likeness (QED) is 0.888. The van der Waals surface area contributed by atoms with Gasteiger partial charge in [-0.05, 0) is 18.4 Å². The lowest BCUT2D eigenvalue weighted by Crippen LogP contribution is -2.46. The monoisotopic (exact) mass is 317 g/mol. The van der Waals surface area contributed by atoms with Gasteiger partial charge < -0.3 is 19.9 Å². The Labute approximate surface area is 136 Å². The van der Waals surface area contributed by atoms with Crippen LogP contribution in [-0.2, 0) is 16.1 Å². The Hall–Kier alpha value is -2.08. The number of piperidine rings is 1. The van der Waals surface area contributed by atoms with Crippen LogP contribution in [0.2, 0.25) is 0 Å². The summed E-state index contributed by atoms with van der Waals surface area (Å²) in [5, 5.41) is 2.71. The first kappa shape index (κ1) is 15.8. The molecule has 6 nitrogen and oxygen atoms in total. The summed E-state index contributed by atoms with van der Waals surface area (Å²) in [6, 6.07) is 9.98. The van der Waals surface area contributed by atoms with Crippen LogP contribution in [0.15, 0.2) is 30.3 Å². The predicted molar refractivity (Wildman–Crippen MR) is 85.8 cm³/mol. The van der Waals surface area contributed by atoms with Crippen molar-refractivity contribution >= 4 is 11.9 Å². The number of likely N-dealkylation sites (tertiary alicyclic amines) is 1. The van der Waals surface area contributed by atoms with Gasteiger partial charge in [-0.2, -0.15) is 0 Å². The summed E-state index contributed by atoms with van der Waals surface area (Å²) in [5.74, 6) is 0.0311. The topological polar surface area (TPSA) is 61.9 Å². The third kappa shape index (κ3) is 4.22. The van der Waals surface area contributed by atoms with E-state index in [0.29, 0.717) is 32.8 Å². The first-order valence-electron chi connectivity index (χ1n) is 8.18. The first-order valence-corrected chi connectivity index (χ1v) is 8.18. The second-order valence-electron chi connectivity index (χ2n) is 6.03. The van der Waals surface area contributed by atoms with Crippen LogP contribution in [0.5, 0.6) is 0 Å². The molecule has 3 rings (SSSR count). The van der Waals surface area contributed by atoms with E-state index in [1.54, 1.807) is 4.90 Å². The van der Waals surface area contributed by atoms with Crippen LogP contribution in [0, 0.1) is 0 Å². The molecule has 0 radical (unpaired) electrons. The van der Waals surface area contributed by atoms with Crippen molar-refractivity contribution in [3.63, 3.8) is 0 Å². The van der Waals surface area contributed by atoms with Gasteiger partial charge in [0.15, 0.2) is 0 Å². The van der Waals surface area contributed by atoms with Gasteiger partial charge in [0.2, 0.25) is 5.91 Å². The summed E-state index contributed by atoms with van der Waals surface area (Å²) >= 11 is 0. The van der Waals surface area contributed by atoms with E-state index in [1.807, 2.05) is 23.1 Å². The summed E-state index contributed by atoms with van der Waals surface area (Å²) in [7, 11) is 0. The number of amides is 3. The van der Waals surface area contributed by atoms with Crippen molar-refractivity contribution < 1.29 is 14.3 Å². The Morgan fingerprint density at radius 1 is 1.17 bits per heavy atom. The van der Waals surface area contributed by atoms with E-state index >= 15 is 0 Å². The summed E-state index contributed by atoms with van der Waals surface area (Å²) in [6.07, 6.45) is 1.91. The van der Waals surface area contributed by atoms with Crippen LogP contribution >= 0.6 is 0 Å². The predicted octanol–water partition coefficient (Wildman–Crippen LogP) is 1.22. The third-order valence-corrected chi connectivity index (χ3v) is 4.39. The average Bonchev–Trinajstić information content (AvgIpc) is 2.99.